The van der Waals surface area contributed by atoms with Crippen LogP contribution in [0, 0.1) is 0 Å². The Labute approximate surface area is 79.9 Å². The zero-order valence-electron chi connectivity index (χ0n) is 8.55. The summed E-state index contributed by atoms with van der Waals surface area (Å²) in [6.45, 7) is 7.70. The third-order valence-electron chi connectivity index (χ3n) is 1.33. The Morgan fingerprint density at radius 3 is 2.08 bits per heavy atom. The smallest absolute Gasteiger partial charge is 0.0599 e. The van der Waals surface area contributed by atoms with E-state index in [1.165, 1.54) is 0 Å². The molecule has 0 rings (SSSR count). The van der Waals surface area contributed by atoms with Crippen molar-refractivity contribution in [3.63, 3.8) is 0 Å². The van der Waals surface area contributed by atoms with Crippen molar-refractivity contribution >= 4 is 11.8 Å². The number of hydrogen-bond donors (Lipinski definition) is 2. The molecule has 0 aliphatic carbocycles. The van der Waals surface area contributed by atoms with Crippen LogP contribution in [-0.4, -0.2) is 27.8 Å². The van der Waals surface area contributed by atoms with E-state index < -0.39 is 5.60 Å². The fourth-order valence-electron chi connectivity index (χ4n) is 0.657. The zero-order valence-corrected chi connectivity index (χ0v) is 9.37. The van der Waals surface area contributed by atoms with Crippen molar-refractivity contribution in [2.24, 2.45) is 5.73 Å². The number of nitrogens with two attached hydrogens (primary N) is 1. The Morgan fingerprint density at radius 1 is 1.25 bits per heavy atom. The molecule has 0 aliphatic rings. The lowest BCUT2D eigenvalue weighted by molar-refractivity contribution is 0.0777. The molecular weight excluding hydrogens is 170 g/mol. The molecule has 0 heterocycles. The first-order valence-corrected chi connectivity index (χ1v) is 5.45. The highest BCUT2D eigenvalue weighted by atomic mass is 32.2. The number of thioether (sulfide) groups is 1. The first-order chi connectivity index (χ1) is 5.21. The van der Waals surface area contributed by atoms with Gasteiger partial charge in [-0.3, -0.25) is 0 Å². The summed E-state index contributed by atoms with van der Waals surface area (Å²) in [6, 6.07) is 0. The molecule has 0 spiro atoms. The molecule has 74 valence electrons. The molecule has 0 amide bonds. The molecule has 3 heteroatoms. The van der Waals surface area contributed by atoms with Crippen LogP contribution < -0.4 is 5.73 Å². The van der Waals surface area contributed by atoms with E-state index in [1.54, 1.807) is 11.8 Å². The maximum absolute atomic E-state index is 9.40. The molecule has 0 saturated carbocycles. The van der Waals surface area contributed by atoms with E-state index in [1.807, 2.05) is 27.7 Å². The maximum Gasteiger partial charge on any atom is 0.0599 e. The number of hydrogen-bond acceptors (Lipinski definition) is 3. The monoisotopic (exact) mass is 191 g/mol. The molecule has 12 heavy (non-hydrogen) atoms. The lowest BCUT2D eigenvalue weighted by Crippen LogP contribution is -2.35. The zero-order chi connectivity index (χ0) is 9.83. The van der Waals surface area contributed by atoms with E-state index in [9.17, 15) is 5.11 Å². The van der Waals surface area contributed by atoms with Crippen LogP contribution in [0.25, 0.3) is 0 Å². The molecule has 0 saturated heterocycles. The fraction of sp³-hybridized carbons (Fsp3) is 1.00. The van der Waals surface area contributed by atoms with E-state index in [0.717, 1.165) is 17.9 Å². The Bertz CT molecular complexity index is 107. The third-order valence-corrected chi connectivity index (χ3v) is 2.77. The molecule has 0 fully saturated rings. The van der Waals surface area contributed by atoms with Gasteiger partial charge in [-0.1, -0.05) is 0 Å². The highest BCUT2D eigenvalue weighted by Crippen LogP contribution is 2.15. The van der Waals surface area contributed by atoms with Crippen molar-refractivity contribution in [3.8, 4) is 0 Å². The van der Waals surface area contributed by atoms with E-state index >= 15 is 0 Å². The topological polar surface area (TPSA) is 46.2 Å². The van der Waals surface area contributed by atoms with E-state index in [0.29, 0.717) is 0 Å². The standard InChI is InChI=1S/C9H21NOS/c1-8(2,10)7-12-6-5-9(3,4)11/h11H,5-7,10H2,1-4H3. The van der Waals surface area contributed by atoms with Gasteiger partial charge in [-0.15, -0.1) is 0 Å². The minimum atomic E-state index is -0.536. The molecule has 0 bridgehead atoms. The van der Waals surface area contributed by atoms with E-state index in [4.69, 9.17) is 5.73 Å². The van der Waals surface area contributed by atoms with Gasteiger partial charge in [0, 0.05) is 11.3 Å². The Kier molecular flexibility index (Phi) is 4.59. The lowest BCUT2D eigenvalue weighted by atomic mass is 10.1. The number of rotatable bonds is 5. The largest absolute Gasteiger partial charge is 0.390 e. The SMILES string of the molecule is CC(C)(N)CSCCC(C)(C)O. The maximum atomic E-state index is 9.40. The van der Waals surface area contributed by atoms with Crippen LogP contribution in [0.2, 0.25) is 0 Å². The molecule has 0 atom stereocenters. The van der Waals surface area contributed by atoms with Gasteiger partial charge in [-0.2, -0.15) is 11.8 Å². The van der Waals surface area contributed by atoms with Crippen LogP contribution in [0.5, 0.6) is 0 Å². The highest BCUT2D eigenvalue weighted by molar-refractivity contribution is 7.99. The Balaban J connectivity index is 3.35. The average Bonchev–Trinajstić information content (AvgIpc) is 1.76. The third kappa shape index (κ3) is 10.3. The molecular formula is C9H21NOS. The first kappa shape index (κ1) is 12.3. The van der Waals surface area contributed by atoms with Gasteiger partial charge in [-0.05, 0) is 39.9 Å². The van der Waals surface area contributed by atoms with Gasteiger partial charge in [0.1, 0.15) is 0 Å². The molecule has 3 N–H and O–H groups in total. The number of aliphatic hydroxyl groups is 1. The predicted octanol–water partition coefficient (Wildman–Crippen LogP) is 1.62. The van der Waals surface area contributed by atoms with Crippen LogP contribution in [0.4, 0.5) is 0 Å². The molecule has 0 aromatic carbocycles. The summed E-state index contributed by atoms with van der Waals surface area (Å²) >= 11 is 1.80. The van der Waals surface area contributed by atoms with Gasteiger partial charge in [0.25, 0.3) is 0 Å². The second kappa shape index (κ2) is 4.49. The Morgan fingerprint density at radius 2 is 1.75 bits per heavy atom. The van der Waals surface area contributed by atoms with Crippen LogP contribution >= 0.6 is 11.8 Å². The summed E-state index contributed by atoms with van der Waals surface area (Å²) in [5, 5.41) is 9.40. The van der Waals surface area contributed by atoms with Crippen molar-refractivity contribution in [2.75, 3.05) is 11.5 Å². The summed E-state index contributed by atoms with van der Waals surface area (Å²) in [7, 11) is 0. The predicted molar refractivity (Wildman–Crippen MR) is 56.5 cm³/mol. The van der Waals surface area contributed by atoms with Crippen molar-refractivity contribution in [1.82, 2.24) is 0 Å². The molecule has 2 nitrogen and oxygen atoms in total. The molecule has 0 radical (unpaired) electrons. The van der Waals surface area contributed by atoms with Gasteiger partial charge >= 0.3 is 0 Å². The van der Waals surface area contributed by atoms with Gasteiger partial charge in [0.15, 0.2) is 0 Å². The summed E-state index contributed by atoms with van der Waals surface area (Å²) < 4.78 is 0. The van der Waals surface area contributed by atoms with Gasteiger partial charge in [-0.25, -0.2) is 0 Å². The molecule has 0 aromatic rings. The molecule has 0 aromatic heterocycles. The lowest BCUT2D eigenvalue weighted by Gasteiger charge is -2.20. The minimum absolute atomic E-state index is 0.0930. The second-order valence-electron chi connectivity index (χ2n) is 4.60. The highest BCUT2D eigenvalue weighted by Gasteiger charge is 2.14. The second-order valence-corrected chi connectivity index (χ2v) is 5.71. The van der Waals surface area contributed by atoms with Crippen LogP contribution in [0.3, 0.4) is 0 Å². The fourth-order valence-corrected chi connectivity index (χ4v) is 1.97. The first-order valence-electron chi connectivity index (χ1n) is 4.30. The van der Waals surface area contributed by atoms with Crippen molar-refractivity contribution in [2.45, 2.75) is 45.3 Å². The summed E-state index contributed by atoms with van der Waals surface area (Å²) in [6.07, 6.45) is 0.827. The normalized spacial score (nSPS) is 13.5. The van der Waals surface area contributed by atoms with Crippen molar-refractivity contribution < 1.29 is 5.11 Å². The quantitative estimate of drug-likeness (QED) is 0.649. The van der Waals surface area contributed by atoms with E-state index in [2.05, 4.69) is 0 Å². The van der Waals surface area contributed by atoms with Crippen LogP contribution in [0.1, 0.15) is 34.1 Å². The minimum Gasteiger partial charge on any atom is -0.390 e. The van der Waals surface area contributed by atoms with Crippen LogP contribution in [-0.2, 0) is 0 Å². The van der Waals surface area contributed by atoms with Gasteiger partial charge in [0.05, 0.1) is 5.60 Å². The van der Waals surface area contributed by atoms with Crippen molar-refractivity contribution in [3.05, 3.63) is 0 Å². The van der Waals surface area contributed by atoms with Gasteiger partial charge in [0.2, 0.25) is 0 Å². The average molecular weight is 191 g/mol. The van der Waals surface area contributed by atoms with Gasteiger partial charge < -0.3 is 10.8 Å². The summed E-state index contributed by atoms with van der Waals surface area (Å²) in [5.74, 6) is 1.92. The summed E-state index contributed by atoms with van der Waals surface area (Å²) in [5.41, 5.74) is 5.17. The Hall–Kier alpha value is 0.270. The molecule has 0 aliphatic heterocycles. The summed E-state index contributed by atoms with van der Waals surface area (Å²) in [4.78, 5) is 0. The van der Waals surface area contributed by atoms with Crippen molar-refractivity contribution in [1.29, 1.82) is 0 Å². The van der Waals surface area contributed by atoms with E-state index in [-0.39, 0.29) is 5.54 Å². The molecule has 0 unspecified atom stereocenters. The van der Waals surface area contributed by atoms with Crippen LogP contribution in [0.15, 0.2) is 0 Å².